The van der Waals surface area contributed by atoms with Crippen molar-refractivity contribution in [2.75, 3.05) is 13.1 Å². The van der Waals surface area contributed by atoms with Crippen LogP contribution in [0.15, 0.2) is 41.3 Å². The summed E-state index contributed by atoms with van der Waals surface area (Å²) in [7, 11) is 0. The van der Waals surface area contributed by atoms with E-state index in [2.05, 4.69) is 9.97 Å². The van der Waals surface area contributed by atoms with E-state index in [9.17, 15) is 14.7 Å². The van der Waals surface area contributed by atoms with Crippen LogP contribution in [0, 0.1) is 0 Å². The maximum Gasteiger partial charge on any atom is 0.263 e. The predicted octanol–water partition coefficient (Wildman–Crippen LogP) is 0.959. The summed E-state index contributed by atoms with van der Waals surface area (Å²) in [6.07, 6.45) is -0.0523. The van der Waals surface area contributed by atoms with Gasteiger partial charge >= 0.3 is 0 Å². The molecular weight excluding hydrogens is 350 g/mol. The third-order valence-electron chi connectivity index (χ3n) is 4.17. The highest BCUT2D eigenvalue weighted by molar-refractivity contribution is 5.93. The van der Waals surface area contributed by atoms with Crippen LogP contribution >= 0.6 is 0 Å². The number of carbonyl (C=O) groups is 1. The van der Waals surface area contributed by atoms with E-state index in [0.717, 1.165) is 0 Å². The number of nitrogens with one attached hydrogen (secondary N) is 1. The van der Waals surface area contributed by atoms with Crippen LogP contribution in [0.25, 0.3) is 0 Å². The monoisotopic (exact) mass is 373 g/mol. The van der Waals surface area contributed by atoms with E-state index in [1.165, 1.54) is 11.1 Å². The van der Waals surface area contributed by atoms with Gasteiger partial charge in [0.2, 0.25) is 0 Å². The Morgan fingerprint density at radius 1 is 1.33 bits per heavy atom. The Morgan fingerprint density at radius 3 is 2.74 bits per heavy atom. The molecule has 2 atom stereocenters. The largest absolute Gasteiger partial charge is 0.486 e. The number of nitrogens with zero attached hydrogens (tertiary/aromatic N) is 2. The summed E-state index contributed by atoms with van der Waals surface area (Å²) in [5.74, 6) is 0.499. The minimum absolute atomic E-state index is 0.0614. The van der Waals surface area contributed by atoms with Gasteiger partial charge in [-0.05, 0) is 26.0 Å². The van der Waals surface area contributed by atoms with E-state index in [1.54, 1.807) is 12.1 Å². The highest BCUT2D eigenvalue weighted by Crippen LogP contribution is 2.17. The van der Waals surface area contributed by atoms with Crippen LogP contribution < -0.4 is 10.3 Å². The smallest absolute Gasteiger partial charge is 0.263 e. The highest BCUT2D eigenvalue weighted by atomic mass is 16.5. The molecule has 1 aromatic carbocycles. The molecule has 2 heterocycles. The number of hydrogen-bond acceptors (Lipinski definition) is 6. The molecule has 0 spiro atoms. The second-order valence-electron chi connectivity index (χ2n) is 6.68. The van der Waals surface area contributed by atoms with Crippen molar-refractivity contribution in [3.05, 3.63) is 58.3 Å². The standard InChI is InChI=1S/C19H23N3O5/c1-12(2)27-16-10-22(9-15(16)23)19(25)14-8-20-17(21-18(14)24)11-26-13-6-4-3-5-7-13/h3-8,12,15-16,23H,9-11H2,1-2H3,(H,20,21,24)/t15-,16-/m0/s1. The molecule has 1 aliphatic heterocycles. The number of para-hydroxylation sites is 1. The minimum atomic E-state index is -0.776. The van der Waals surface area contributed by atoms with Gasteiger partial charge in [-0.25, -0.2) is 4.98 Å². The van der Waals surface area contributed by atoms with Crippen LogP contribution in [-0.4, -0.2) is 57.3 Å². The van der Waals surface area contributed by atoms with Crippen LogP contribution in [0.2, 0.25) is 0 Å². The van der Waals surface area contributed by atoms with Gasteiger partial charge in [0.05, 0.1) is 12.2 Å². The van der Waals surface area contributed by atoms with E-state index in [4.69, 9.17) is 9.47 Å². The molecule has 1 saturated heterocycles. The van der Waals surface area contributed by atoms with E-state index in [-0.39, 0.29) is 31.4 Å². The SMILES string of the molecule is CC(C)O[C@H]1CN(C(=O)c2cnc(COc3ccccc3)[nH]c2=O)C[C@@H]1O. The van der Waals surface area contributed by atoms with Gasteiger partial charge in [0, 0.05) is 19.3 Å². The molecule has 27 heavy (non-hydrogen) atoms. The third kappa shape index (κ3) is 4.72. The third-order valence-corrected chi connectivity index (χ3v) is 4.17. The summed E-state index contributed by atoms with van der Waals surface area (Å²) in [4.78, 5) is 33.0. The van der Waals surface area contributed by atoms with Crippen molar-refractivity contribution in [2.45, 2.75) is 38.8 Å². The van der Waals surface area contributed by atoms with Gasteiger partial charge in [-0.1, -0.05) is 18.2 Å². The Labute approximate surface area is 156 Å². The molecule has 3 rings (SSSR count). The Bertz CT molecular complexity index is 837. The molecule has 8 heteroatoms. The predicted molar refractivity (Wildman–Crippen MR) is 97.6 cm³/mol. The van der Waals surface area contributed by atoms with Crippen molar-refractivity contribution in [1.29, 1.82) is 0 Å². The van der Waals surface area contributed by atoms with Gasteiger partial charge in [-0.2, -0.15) is 0 Å². The van der Waals surface area contributed by atoms with Gasteiger partial charge in [0.15, 0.2) is 0 Å². The quantitative estimate of drug-likeness (QED) is 0.781. The topological polar surface area (TPSA) is 105 Å². The molecule has 1 aromatic heterocycles. The molecule has 1 fully saturated rings. The Morgan fingerprint density at radius 2 is 2.07 bits per heavy atom. The number of aliphatic hydroxyl groups excluding tert-OH is 1. The van der Waals surface area contributed by atoms with Crippen molar-refractivity contribution in [2.24, 2.45) is 0 Å². The van der Waals surface area contributed by atoms with Gasteiger partial charge in [0.25, 0.3) is 11.5 Å². The van der Waals surface area contributed by atoms with Gasteiger partial charge in [-0.3, -0.25) is 9.59 Å². The zero-order chi connectivity index (χ0) is 19.4. The van der Waals surface area contributed by atoms with Crippen molar-refractivity contribution in [3.63, 3.8) is 0 Å². The molecular formula is C19H23N3O5. The molecule has 0 radical (unpaired) electrons. The lowest BCUT2D eigenvalue weighted by Gasteiger charge is -2.18. The number of aromatic nitrogens is 2. The van der Waals surface area contributed by atoms with Crippen molar-refractivity contribution in [3.8, 4) is 5.75 Å². The molecule has 2 N–H and O–H groups in total. The number of benzene rings is 1. The van der Waals surface area contributed by atoms with Crippen LogP contribution in [0.4, 0.5) is 0 Å². The van der Waals surface area contributed by atoms with Crippen LogP contribution in [0.3, 0.4) is 0 Å². The van der Waals surface area contributed by atoms with E-state index in [0.29, 0.717) is 11.6 Å². The second-order valence-corrected chi connectivity index (χ2v) is 6.68. The molecule has 0 saturated carbocycles. The molecule has 8 nitrogen and oxygen atoms in total. The summed E-state index contributed by atoms with van der Waals surface area (Å²) < 4.78 is 11.1. The molecule has 144 valence electrons. The first-order valence-electron chi connectivity index (χ1n) is 8.83. The minimum Gasteiger partial charge on any atom is -0.486 e. The average molecular weight is 373 g/mol. The first kappa shape index (κ1) is 19.1. The van der Waals surface area contributed by atoms with E-state index < -0.39 is 23.7 Å². The average Bonchev–Trinajstić information content (AvgIpc) is 3.00. The van der Waals surface area contributed by atoms with Crippen LogP contribution in [0.1, 0.15) is 30.0 Å². The summed E-state index contributed by atoms with van der Waals surface area (Å²) in [6, 6.07) is 9.15. The number of aromatic amines is 1. The number of likely N-dealkylation sites (tertiary alicyclic amines) is 1. The lowest BCUT2D eigenvalue weighted by Crippen LogP contribution is -2.35. The number of amides is 1. The number of rotatable bonds is 6. The molecule has 1 aliphatic rings. The molecule has 0 unspecified atom stereocenters. The summed E-state index contributed by atoms with van der Waals surface area (Å²) in [5, 5.41) is 10.1. The Kier molecular flexibility index (Phi) is 5.88. The maximum absolute atomic E-state index is 12.6. The van der Waals surface area contributed by atoms with Gasteiger partial charge in [-0.15, -0.1) is 0 Å². The second kappa shape index (κ2) is 8.32. The zero-order valence-electron chi connectivity index (χ0n) is 15.3. The molecule has 1 amide bonds. The normalized spacial score (nSPS) is 19.5. The molecule has 2 aromatic rings. The lowest BCUT2D eigenvalue weighted by molar-refractivity contribution is -0.0394. The van der Waals surface area contributed by atoms with Crippen LogP contribution in [-0.2, 0) is 11.3 Å². The van der Waals surface area contributed by atoms with Gasteiger partial charge < -0.3 is 24.5 Å². The van der Waals surface area contributed by atoms with Crippen LogP contribution in [0.5, 0.6) is 5.75 Å². The van der Waals surface area contributed by atoms with Crippen molar-refractivity contribution in [1.82, 2.24) is 14.9 Å². The number of β-amino-alcohol motifs (C(OH)–C–C–N with tert-alkyl or cyclic N) is 1. The first-order chi connectivity index (χ1) is 12.9. The van der Waals surface area contributed by atoms with E-state index >= 15 is 0 Å². The number of aliphatic hydroxyl groups is 1. The number of H-pyrrole nitrogens is 1. The lowest BCUT2D eigenvalue weighted by atomic mass is 10.2. The fourth-order valence-electron chi connectivity index (χ4n) is 2.90. The molecule has 0 bridgehead atoms. The fraction of sp³-hybridized carbons (Fsp3) is 0.421. The summed E-state index contributed by atoms with van der Waals surface area (Å²) in [5.41, 5.74) is -0.611. The number of ether oxygens (including phenoxy) is 2. The highest BCUT2D eigenvalue weighted by Gasteiger charge is 2.36. The number of hydrogen-bond donors (Lipinski definition) is 2. The Hall–Kier alpha value is -2.71. The summed E-state index contributed by atoms with van der Waals surface area (Å²) >= 11 is 0. The van der Waals surface area contributed by atoms with Crippen molar-refractivity contribution < 1.29 is 19.4 Å². The summed E-state index contributed by atoms with van der Waals surface area (Å²) in [6.45, 7) is 4.16. The van der Waals surface area contributed by atoms with Gasteiger partial charge in [0.1, 0.15) is 29.8 Å². The fourth-order valence-corrected chi connectivity index (χ4v) is 2.90. The Balaban J connectivity index is 1.65. The first-order valence-corrected chi connectivity index (χ1v) is 8.83. The number of carbonyl (C=O) groups excluding carboxylic acids is 1. The maximum atomic E-state index is 12.6. The molecule has 0 aliphatic carbocycles. The van der Waals surface area contributed by atoms with E-state index in [1.807, 2.05) is 32.0 Å². The zero-order valence-corrected chi connectivity index (χ0v) is 15.3. The van der Waals surface area contributed by atoms with Crippen molar-refractivity contribution >= 4 is 5.91 Å².